The first-order valence-corrected chi connectivity index (χ1v) is 13.5. The Labute approximate surface area is 202 Å². The molecule has 0 spiro atoms. The Balaban J connectivity index is 1.44. The zero-order chi connectivity index (χ0) is 24.5. The van der Waals surface area contributed by atoms with Gasteiger partial charge in [-0.2, -0.15) is 4.31 Å². The smallest absolute Gasteiger partial charge is 0.243 e. The lowest BCUT2D eigenvalue weighted by atomic mass is 10.0. The molecule has 2 aliphatic rings. The van der Waals surface area contributed by atoms with E-state index in [1.54, 1.807) is 33.5 Å². The maximum Gasteiger partial charge on any atom is 0.243 e. The van der Waals surface area contributed by atoms with Crippen molar-refractivity contribution in [1.29, 1.82) is 0 Å². The lowest BCUT2D eigenvalue weighted by Crippen LogP contribution is -2.47. The number of anilines is 2. The van der Waals surface area contributed by atoms with Crippen molar-refractivity contribution in [2.75, 3.05) is 16.8 Å². The SMILES string of the molecule is CCc1ccccc1N1CC(C(=O)Nc2ccc(S(=O)(=O)N3C(C)CCCC3C)cc2)CC1=O. The van der Waals surface area contributed by atoms with Gasteiger partial charge in [-0.3, -0.25) is 9.59 Å². The summed E-state index contributed by atoms with van der Waals surface area (Å²) in [5.74, 6) is -0.762. The Morgan fingerprint density at radius 3 is 2.32 bits per heavy atom. The third-order valence-electron chi connectivity index (χ3n) is 6.97. The Kier molecular flexibility index (Phi) is 7.09. The predicted octanol–water partition coefficient (Wildman–Crippen LogP) is 4.19. The summed E-state index contributed by atoms with van der Waals surface area (Å²) in [5.41, 5.74) is 2.45. The predicted molar refractivity (Wildman–Crippen MR) is 133 cm³/mol. The average Bonchev–Trinajstić information content (AvgIpc) is 3.20. The molecule has 0 bridgehead atoms. The van der Waals surface area contributed by atoms with E-state index in [2.05, 4.69) is 5.32 Å². The van der Waals surface area contributed by atoms with Crippen LogP contribution in [0.5, 0.6) is 0 Å². The molecule has 0 aromatic heterocycles. The zero-order valence-corrected chi connectivity index (χ0v) is 20.8. The van der Waals surface area contributed by atoms with Crippen LogP contribution in [0.2, 0.25) is 0 Å². The van der Waals surface area contributed by atoms with Crippen molar-refractivity contribution < 1.29 is 18.0 Å². The van der Waals surface area contributed by atoms with E-state index in [-0.39, 0.29) is 35.2 Å². The van der Waals surface area contributed by atoms with Gasteiger partial charge in [0.15, 0.2) is 0 Å². The number of nitrogens with zero attached hydrogens (tertiary/aromatic N) is 2. The highest BCUT2D eigenvalue weighted by molar-refractivity contribution is 7.89. The number of hydrogen-bond acceptors (Lipinski definition) is 4. The maximum atomic E-state index is 13.2. The van der Waals surface area contributed by atoms with E-state index in [0.717, 1.165) is 36.9 Å². The minimum Gasteiger partial charge on any atom is -0.326 e. The fourth-order valence-electron chi connectivity index (χ4n) is 5.14. The first-order valence-electron chi connectivity index (χ1n) is 12.0. The van der Waals surface area contributed by atoms with Crippen LogP contribution in [-0.4, -0.2) is 43.2 Å². The molecule has 0 radical (unpaired) electrons. The number of benzene rings is 2. The molecule has 2 saturated heterocycles. The van der Waals surface area contributed by atoms with E-state index >= 15 is 0 Å². The number of aryl methyl sites for hydroxylation is 1. The van der Waals surface area contributed by atoms with Gasteiger partial charge in [0.1, 0.15) is 0 Å². The Hall–Kier alpha value is -2.71. The summed E-state index contributed by atoms with van der Waals surface area (Å²) in [6, 6.07) is 14.0. The Morgan fingerprint density at radius 2 is 1.68 bits per heavy atom. The quantitative estimate of drug-likeness (QED) is 0.667. The van der Waals surface area contributed by atoms with Gasteiger partial charge in [-0.25, -0.2) is 8.42 Å². The third kappa shape index (κ3) is 4.74. The summed E-state index contributed by atoms with van der Waals surface area (Å²) in [6.07, 6.45) is 3.71. The molecule has 3 atom stereocenters. The van der Waals surface area contributed by atoms with Gasteiger partial charge in [0, 0.05) is 36.4 Å². The summed E-state index contributed by atoms with van der Waals surface area (Å²) in [7, 11) is -3.60. The zero-order valence-electron chi connectivity index (χ0n) is 20.0. The van der Waals surface area contributed by atoms with Crippen molar-refractivity contribution in [3.63, 3.8) is 0 Å². The van der Waals surface area contributed by atoms with Crippen LogP contribution in [-0.2, 0) is 26.0 Å². The van der Waals surface area contributed by atoms with Gasteiger partial charge in [0.05, 0.1) is 10.8 Å². The van der Waals surface area contributed by atoms with Crippen molar-refractivity contribution in [2.45, 2.75) is 69.9 Å². The lowest BCUT2D eigenvalue weighted by molar-refractivity contribution is -0.122. The first kappa shape index (κ1) is 24.4. The Morgan fingerprint density at radius 1 is 1.03 bits per heavy atom. The number of sulfonamides is 1. The largest absolute Gasteiger partial charge is 0.326 e. The van der Waals surface area contributed by atoms with Crippen molar-refractivity contribution in [3.8, 4) is 0 Å². The normalized spacial score (nSPS) is 23.8. The van der Waals surface area contributed by atoms with Crippen LogP contribution in [0.1, 0.15) is 52.0 Å². The molecular formula is C26H33N3O4S. The summed E-state index contributed by atoms with van der Waals surface area (Å²) >= 11 is 0. The van der Waals surface area contributed by atoms with Gasteiger partial charge in [0.25, 0.3) is 0 Å². The number of piperidine rings is 1. The molecule has 8 heteroatoms. The summed E-state index contributed by atoms with van der Waals surface area (Å²) in [6.45, 7) is 6.28. The summed E-state index contributed by atoms with van der Waals surface area (Å²) in [4.78, 5) is 27.5. The van der Waals surface area contributed by atoms with Gasteiger partial charge in [-0.1, -0.05) is 31.5 Å². The molecule has 34 heavy (non-hydrogen) atoms. The molecule has 7 nitrogen and oxygen atoms in total. The van der Waals surface area contributed by atoms with Crippen LogP contribution in [0, 0.1) is 5.92 Å². The van der Waals surface area contributed by atoms with E-state index in [1.807, 2.05) is 45.0 Å². The van der Waals surface area contributed by atoms with Gasteiger partial charge in [-0.05, 0) is 69.0 Å². The molecular weight excluding hydrogens is 450 g/mol. The Bertz CT molecular complexity index is 1150. The highest BCUT2D eigenvalue weighted by atomic mass is 32.2. The van der Waals surface area contributed by atoms with E-state index in [1.165, 1.54) is 0 Å². The van der Waals surface area contributed by atoms with Crippen molar-refractivity contribution in [3.05, 3.63) is 54.1 Å². The molecule has 0 aliphatic carbocycles. The third-order valence-corrected chi connectivity index (χ3v) is 9.11. The topological polar surface area (TPSA) is 86.8 Å². The van der Waals surface area contributed by atoms with Crippen molar-refractivity contribution >= 4 is 33.2 Å². The maximum absolute atomic E-state index is 13.2. The monoisotopic (exact) mass is 483 g/mol. The molecule has 2 heterocycles. The molecule has 3 unspecified atom stereocenters. The number of nitrogens with one attached hydrogen (secondary N) is 1. The fraction of sp³-hybridized carbons (Fsp3) is 0.462. The fourth-order valence-corrected chi connectivity index (χ4v) is 7.02. The first-order chi connectivity index (χ1) is 16.2. The van der Waals surface area contributed by atoms with E-state index in [4.69, 9.17) is 0 Å². The minimum atomic E-state index is -3.60. The van der Waals surface area contributed by atoms with Crippen LogP contribution < -0.4 is 10.2 Å². The standard InChI is InChI=1S/C26H33N3O4S/c1-4-20-10-5-6-11-24(20)28-17-21(16-25(28)30)26(31)27-22-12-14-23(15-13-22)34(32,33)29-18(2)8-7-9-19(29)3/h5-6,10-15,18-19,21H,4,7-9,16-17H2,1-3H3,(H,27,31). The molecule has 0 saturated carbocycles. The summed E-state index contributed by atoms with van der Waals surface area (Å²) < 4.78 is 28.0. The van der Waals surface area contributed by atoms with Crippen LogP contribution in [0.15, 0.2) is 53.4 Å². The number of carbonyl (C=O) groups excluding carboxylic acids is 2. The van der Waals surface area contributed by atoms with Gasteiger partial charge < -0.3 is 10.2 Å². The summed E-state index contributed by atoms with van der Waals surface area (Å²) in [5, 5.41) is 2.85. The number of amides is 2. The second-order valence-corrected chi connectivity index (χ2v) is 11.2. The van der Waals surface area contributed by atoms with Crippen molar-refractivity contribution in [1.82, 2.24) is 4.31 Å². The highest BCUT2D eigenvalue weighted by Crippen LogP contribution is 2.31. The van der Waals surface area contributed by atoms with E-state index in [0.29, 0.717) is 12.2 Å². The number of para-hydroxylation sites is 1. The molecule has 1 N–H and O–H groups in total. The van der Waals surface area contributed by atoms with Crippen LogP contribution in [0.25, 0.3) is 0 Å². The number of rotatable bonds is 6. The van der Waals surface area contributed by atoms with E-state index in [9.17, 15) is 18.0 Å². The molecule has 2 fully saturated rings. The number of carbonyl (C=O) groups is 2. The van der Waals surface area contributed by atoms with Crippen LogP contribution >= 0.6 is 0 Å². The highest BCUT2D eigenvalue weighted by Gasteiger charge is 2.37. The molecule has 182 valence electrons. The second-order valence-electron chi connectivity index (χ2n) is 9.37. The number of hydrogen-bond donors (Lipinski definition) is 1. The van der Waals surface area contributed by atoms with Crippen LogP contribution in [0.4, 0.5) is 11.4 Å². The van der Waals surface area contributed by atoms with Gasteiger partial charge in [-0.15, -0.1) is 0 Å². The molecule has 2 aromatic carbocycles. The molecule has 2 aromatic rings. The average molecular weight is 484 g/mol. The molecule has 2 amide bonds. The van der Waals surface area contributed by atoms with Crippen molar-refractivity contribution in [2.24, 2.45) is 5.92 Å². The molecule has 2 aliphatic heterocycles. The van der Waals surface area contributed by atoms with E-state index < -0.39 is 15.9 Å². The van der Waals surface area contributed by atoms with Gasteiger partial charge in [0.2, 0.25) is 21.8 Å². The minimum absolute atomic E-state index is 0.0335. The second kappa shape index (κ2) is 9.88. The molecule has 4 rings (SSSR count). The van der Waals surface area contributed by atoms with Crippen LogP contribution in [0.3, 0.4) is 0 Å². The van der Waals surface area contributed by atoms with Gasteiger partial charge >= 0.3 is 0 Å². The lowest BCUT2D eigenvalue weighted by Gasteiger charge is -2.37.